The molecule has 0 bridgehead atoms. The maximum atomic E-state index is 12.4. The summed E-state index contributed by atoms with van der Waals surface area (Å²) < 4.78 is 0. The van der Waals surface area contributed by atoms with Crippen molar-refractivity contribution in [2.75, 3.05) is 19.6 Å². The van der Waals surface area contributed by atoms with E-state index >= 15 is 0 Å². The monoisotopic (exact) mass is 299 g/mol. The van der Waals surface area contributed by atoms with E-state index in [1.165, 1.54) is 18.4 Å². The summed E-state index contributed by atoms with van der Waals surface area (Å²) in [4.78, 5) is 18.2. The highest BCUT2D eigenvalue weighted by atomic mass is 16.1. The maximum absolute atomic E-state index is 12.4. The minimum absolute atomic E-state index is 0.0196. The summed E-state index contributed by atoms with van der Waals surface area (Å²) in [5, 5.41) is 4.21. The molecule has 1 fully saturated rings. The number of aromatic nitrogens is 1. The molecule has 1 aliphatic rings. The molecule has 2 aromatic rings. The van der Waals surface area contributed by atoms with Crippen molar-refractivity contribution >= 4 is 16.8 Å². The summed E-state index contributed by atoms with van der Waals surface area (Å²) in [6.45, 7) is 9.37. The van der Waals surface area contributed by atoms with Crippen LogP contribution in [-0.4, -0.2) is 41.5 Å². The minimum atomic E-state index is 0.0196. The molecule has 0 aliphatic carbocycles. The lowest BCUT2D eigenvalue weighted by atomic mass is 10.1. The Morgan fingerprint density at radius 1 is 1.32 bits per heavy atom. The second-order valence-electron chi connectivity index (χ2n) is 6.44. The number of aromatic amines is 1. The van der Waals surface area contributed by atoms with Gasteiger partial charge in [-0.05, 0) is 70.5 Å². The lowest BCUT2D eigenvalue weighted by Gasteiger charge is -2.23. The molecule has 1 aromatic carbocycles. The third-order valence-electron chi connectivity index (χ3n) is 4.89. The fourth-order valence-electron chi connectivity index (χ4n) is 3.26. The van der Waals surface area contributed by atoms with E-state index in [2.05, 4.69) is 36.0 Å². The zero-order valence-corrected chi connectivity index (χ0v) is 13.7. The molecule has 1 amide bonds. The molecule has 3 rings (SSSR count). The first-order valence-corrected chi connectivity index (χ1v) is 8.17. The number of carbonyl (C=O) groups excluding carboxylic acids is 1. The zero-order chi connectivity index (χ0) is 15.7. The Hall–Kier alpha value is -1.81. The molecule has 22 heavy (non-hydrogen) atoms. The van der Waals surface area contributed by atoms with Crippen LogP contribution in [0.2, 0.25) is 0 Å². The highest BCUT2D eigenvalue weighted by Crippen LogP contribution is 2.22. The molecular weight excluding hydrogens is 274 g/mol. The normalized spacial score (nSPS) is 17.0. The highest BCUT2D eigenvalue weighted by Gasteiger charge is 2.18. The zero-order valence-electron chi connectivity index (χ0n) is 13.7. The second-order valence-corrected chi connectivity index (χ2v) is 6.44. The number of aryl methyl sites for hydroxylation is 2. The summed E-state index contributed by atoms with van der Waals surface area (Å²) in [7, 11) is 0. The molecule has 2 N–H and O–H groups in total. The number of carbonyl (C=O) groups is 1. The average molecular weight is 299 g/mol. The van der Waals surface area contributed by atoms with Crippen molar-refractivity contribution < 1.29 is 4.79 Å². The SMILES string of the molecule is Cc1[nH]c2ccc(C(=O)NCC(C)N3CCCC3)cc2c1C. The summed E-state index contributed by atoms with van der Waals surface area (Å²) in [6.07, 6.45) is 2.56. The van der Waals surface area contributed by atoms with Crippen LogP contribution in [0.5, 0.6) is 0 Å². The standard InChI is InChI=1S/C18H25N3O/c1-12(21-8-4-5-9-21)11-19-18(22)15-6-7-17-16(10-15)13(2)14(3)20-17/h6-7,10,12,20H,4-5,8-9,11H2,1-3H3,(H,19,22). The Morgan fingerprint density at radius 2 is 2.05 bits per heavy atom. The van der Waals surface area contributed by atoms with Crippen LogP contribution in [0.1, 0.15) is 41.4 Å². The van der Waals surface area contributed by atoms with Crippen LogP contribution < -0.4 is 5.32 Å². The van der Waals surface area contributed by atoms with Gasteiger partial charge in [0.25, 0.3) is 5.91 Å². The van der Waals surface area contributed by atoms with E-state index < -0.39 is 0 Å². The molecule has 4 nitrogen and oxygen atoms in total. The smallest absolute Gasteiger partial charge is 0.251 e. The van der Waals surface area contributed by atoms with Gasteiger partial charge in [-0.15, -0.1) is 0 Å². The van der Waals surface area contributed by atoms with Crippen molar-refractivity contribution in [1.29, 1.82) is 0 Å². The van der Waals surface area contributed by atoms with Crippen LogP contribution in [0.4, 0.5) is 0 Å². The number of hydrogen-bond donors (Lipinski definition) is 2. The van der Waals surface area contributed by atoms with E-state index in [9.17, 15) is 4.79 Å². The van der Waals surface area contributed by atoms with Gasteiger partial charge >= 0.3 is 0 Å². The molecule has 1 saturated heterocycles. The van der Waals surface area contributed by atoms with E-state index in [0.29, 0.717) is 12.6 Å². The van der Waals surface area contributed by atoms with Gasteiger partial charge in [-0.1, -0.05) is 0 Å². The summed E-state index contributed by atoms with van der Waals surface area (Å²) in [5.41, 5.74) is 4.21. The van der Waals surface area contributed by atoms with Gasteiger partial charge in [0.15, 0.2) is 0 Å². The molecular formula is C18H25N3O. The molecule has 1 atom stereocenters. The highest BCUT2D eigenvalue weighted by molar-refractivity contribution is 5.99. The number of fused-ring (bicyclic) bond motifs is 1. The van der Waals surface area contributed by atoms with Gasteiger partial charge in [-0.3, -0.25) is 9.69 Å². The van der Waals surface area contributed by atoms with Gasteiger partial charge in [0.2, 0.25) is 0 Å². The van der Waals surface area contributed by atoms with Crippen LogP contribution in [0, 0.1) is 13.8 Å². The van der Waals surface area contributed by atoms with Crippen LogP contribution in [0.15, 0.2) is 18.2 Å². The molecule has 4 heteroatoms. The first-order chi connectivity index (χ1) is 10.6. The fraction of sp³-hybridized carbons (Fsp3) is 0.500. The van der Waals surface area contributed by atoms with Crippen LogP contribution >= 0.6 is 0 Å². The van der Waals surface area contributed by atoms with Crippen molar-refractivity contribution in [2.45, 2.75) is 39.7 Å². The predicted molar refractivity (Wildman–Crippen MR) is 90.4 cm³/mol. The van der Waals surface area contributed by atoms with E-state index in [1.807, 2.05) is 18.2 Å². The summed E-state index contributed by atoms with van der Waals surface area (Å²) in [6, 6.07) is 6.29. The number of hydrogen-bond acceptors (Lipinski definition) is 2. The van der Waals surface area contributed by atoms with E-state index in [1.54, 1.807) is 0 Å². The molecule has 1 aliphatic heterocycles. The van der Waals surface area contributed by atoms with Crippen molar-refractivity contribution in [1.82, 2.24) is 15.2 Å². The minimum Gasteiger partial charge on any atom is -0.358 e. The molecule has 118 valence electrons. The number of likely N-dealkylation sites (tertiary alicyclic amines) is 1. The molecule has 0 radical (unpaired) electrons. The van der Waals surface area contributed by atoms with E-state index in [4.69, 9.17) is 0 Å². The number of H-pyrrole nitrogens is 1. The molecule has 0 spiro atoms. The Balaban J connectivity index is 1.68. The van der Waals surface area contributed by atoms with Crippen molar-refractivity contribution in [3.05, 3.63) is 35.0 Å². The lowest BCUT2D eigenvalue weighted by molar-refractivity contribution is 0.0940. The fourth-order valence-corrected chi connectivity index (χ4v) is 3.26. The molecule has 2 heterocycles. The largest absolute Gasteiger partial charge is 0.358 e. The first-order valence-electron chi connectivity index (χ1n) is 8.17. The van der Waals surface area contributed by atoms with Gasteiger partial charge in [-0.2, -0.15) is 0 Å². The van der Waals surface area contributed by atoms with Crippen molar-refractivity contribution in [3.8, 4) is 0 Å². The summed E-state index contributed by atoms with van der Waals surface area (Å²) in [5.74, 6) is 0.0196. The topological polar surface area (TPSA) is 48.1 Å². The first kappa shape index (κ1) is 15.1. The van der Waals surface area contributed by atoms with Crippen molar-refractivity contribution in [2.24, 2.45) is 0 Å². The third-order valence-corrected chi connectivity index (χ3v) is 4.89. The summed E-state index contributed by atoms with van der Waals surface area (Å²) >= 11 is 0. The Labute approximate surface area is 131 Å². The number of amides is 1. The molecule has 1 unspecified atom stereocenters. The van der Waals surface area contributed by atoms with Crippen molar-refractivity contribution in [3.63, 3.8) is 0 Å². The number of benzene rings is 1. The van der Waals surface area contributed by atoms with E-state index in [0.717, 1.165) is 35.2 Å². The maximum Gasteiger partial charge on any atom is 0.251 e. The van der Waals surface area contributed by atoms with Gasteiger partial charge in [0.1, 0.15) is 0 Å². The third kappa shape index (κ3) is 2.88. The predicted octanol–water partition coefficient (Wildman–Crippen LogP) is 3.00. The average Bonchev–Trinajstić information content (AvgIpc) is 3.14. The molecule has 1 aromatic heterocycles. The number of nitrogens with one attached hydrogen (secondary N) is 2. The Morgan fingerprint density at radius 3 is 2.77 bits per heavy atom. The van der Waals surface area contributed by atoms with Gasteiger partial charge in [-0.25, -0.2) is 0 Å². The van der Waals surface area contributed by atoms with Crippen LogP contribution in [0.3, 0.4) is 0 Å². The number of rotatable bonds is 4. The van der Waals surface area contributed by atoms with Gasteiger partial charge in [0, 0.05) is 34.7 Å². The van der Waals surface area contributed by atoms with Crippen LogP contribution in [0.25, 0.3) is 10.9 Å². The molecule has 0 saturated carbocycles. The van der Waals surface area contributed by atoms with Gasteiger partial charge < -0.3 is 10.3 Å². The Bertz CT molecular complexity index is 683. The van der Waals surface area contributed by atoms with Crippen LogP contribution in [-0.2, 0) is 0 Å². The van der Waals surface area contributed by atoms with Gasteiger partial charge in [0.05, 0.1) is 0 Å². The lowest BCUT2D eigenvalue weighted by Crippen LogP contribution is -2.40. The Kier molecular flexibility index (Phi) is 4.21. The van der Waals surface area contributed by atoms with E-state index in [-0.39, 0.29) is 5.91 Å². The number of nitrogens with zero attached hydrogens (tertiary/aromatic N) is 1. The quantitative estimate of drug-likeness (QED) is 0.912. The second kappa shape index (κ2) is 6.13.